The summed E-state index contributed by atoms with van der Waals surface area (Å²) < 4.78 is 15.0. The van der Waals surface area contributed by atoms with E-state index in [0.29, 0.717) is 5.92 Å². The first-order valence-electron chi connectivity index (χ1n) is 9.78. The zero-order chi connectivity index (χ0) is 20.8. The monoisotopic (exact) mass is 399 g/mol. The Morgan fingerprint density at radius 3 is 2.66 bits per heavy atom. The molecule has 2 heterocycles. The SMILES string of the molecule is CC(C)Cc1cc(F)c(C(=[NH2+])N=NN)c(N2CCN(Cc3cccnn3)CC2)c1. The van der Waals surface area contributed by atoms with E-state index in [4.69, 9.17) is 11.3 Å². The van der Waals surface area contributed by atoms with Crippen LogP contribution in [0.2, 0.25) is 0 Å². The van der Waals surface area contributed by atoms with E-state index in [1.54, 1.807) is 6.20 Å². The lowest BCUT2D eigenvalue weighted by molar-refractivity contribution is -0.114. The fourth-order valence-electron chi connectivity index (χ4n) is 3.64. The van der Waals surface area contributed by atoms with Crippen molar-refractivity contribution in [2.75, 3.05) is 31.1 Å². The molecule has 0 bridgehead atoms. The zero-order valence-corrected chi connectivity index (χ0v) is 16.9. The topological polar surface area (TPSA) is 109 Å². The van der Waals surface area contributed by atoms with Gasteiger partial charge in [-0.25, -0.2) is 4.39 Å². The first-order valence-corrected chi connectivity index (χ1v) is 9.78. The van der Waals surface area contributed by atoms with Gasteiger partial charge < -0.3 is 4.90 Å². The molecule has 1 aliphatic heterocycles. The van der Waals surface area contributed by atoms with E-state index in [2.05, 4.69) is 44.2 Å². The molecule has 8 nitrogen and oxygen atoms in total. The van der Waals surface area contributed by atoms with Crippen LogP contribution in [0, 0.1) is 11.7 Å². The van der Waals surface area contributed by atoms with Gasteiger partial charge in [0.05, 0.1) is 16.5 Å². The molecule has 9 heteroatoms. The Morgan fingerprint density at radius 1 is 1.28 bits per heavy atom. The van der Waals surface area contributed by atoms with Gasteiger partial charge in [0.2, 0.25) is 0 Å². The summed E-state index contributed by atoms with van der Waals surface area (Å²) in [7, 11) is 0. The van der Waals surface area contributed by atoms with Gasteiger partial charge in [0.25, 0.3) is 0 Å². The molecule has 0 spiro atoms. The van der Waals surface area contributed by atoms with E-state index in [1.807, 2.05) is 18.2 Å². The molecule has 1 fully saturated rings. The van der Waals surface area contributed by atoms with Crippen LogP contribution in [-0.4, -0.2) is 47.1 Å². The molecule has 0 atom stereocenters. The molecule has 1 aliphatic rings. The van der Waals surface area contributed by atoms with Crippen molar-refractivity contribution in [1.29, 1.82) is 0 Å². The molecule has 4 N–H and O–H groups in total. The maximum absolute atomic E-state index is 15.0. The van der Waals surface area contributed by atoms with Crippen LogP contribution in [0.25, 0.3) is 0 Å². The second kappa shape index (κ2) is 9.51. The van der Waals surface area contributed by atoms with E-state index in [-0.39, 0.29) is 11.4 Å². The Balaban J connectivity index is 1.81. The van der Waals surface area contributed by atoms with Crippen molar-refractivity contribution >= 4 is 11.5 Å². The molecule has 0 saturated carbocycles. The fourth-order valence-corrected chi connectivity index (χ4v) is 3.64. The van der Waals surface area contributed by atoms with Gasteiger partial charge in [-0.05, 0) is 42.2 Å². The minimum absolute atomic E-state index is 0.0157. The Morgan fingerprint density at radius 2 is 2.03 bits per heavy atom. The van der Waals surface area contributed by atoms with Crippen molar-refractivity contribution in [3.8, 4) is 0 Å². The summed E-state index contributed by atoms with van der Waals surface area (Å²) in [5, 5.41) is 21.0. The summed E-state index contributed by atoms with van der Waals surface area (Å²) >= 11 is 0. The van der Waals surface area contributed by atoms with Crippen molar-refractivity contribution in [2.45, 2.75) is 26.8 Å². The molecule has 1 aromatic heterocycles. The minimum atomic E-state index is -0.398. The van der Waals surface area contributed by atoms with Gasteiger partial charge in [0.15, 0.2) is 0 Å². The average molecular weight is 399 g/mol. The Bertz CT molecular complexity index is 860. The summed E-state index contributed by atoms with van der Waals surface area (Å²) in [6.45, 7) is 8.09. The van der Waals surface area contributed by atoms with Crippen LogP contribution in [0.5, 0.6) is 0 Å². The Hall–Kier alpha value is -2.94. The number of hydrogen-bond donors (Lipinski definition) is 2. The van der Waals surface area contributed by atoms with Crippen molar-refractivity contribution in [3.63, 3.8) is 0 Å². The quantitative estimate of drug-likeness (QED) is 0.247. The predicted molar refractivity (Wildman–Crippen MR) is 110 cm³/mol. The second-order valence-electron chi connectivity index (χ2n) is 7.65. The van der Waals surface area contributed by atoms with E-state index in [9.17, 15) is 4.39 Å². The number of rotatable bonds is 6. The smallest absolute Gasteiger partial charge is 0.356 e. The number of benzene rings is 1. The van der Waals surface area contributed by atoms with Gasteiger partial charge in [-0.3, -0.25) is 16.2 Å². The third-order valence-corrected chi connectivity index (χ3v) is 4.92. The van der Waals surface area contributed by atoms with Crippen LogP contribution in [0.4, 0.5) is 10.1 Å². The molecule has 0 amide bonds. The number of nitrogens with two attached hydrogens (primary N) is 2. The number of piperazine rings is 1. The number of hydrogen-bond acceptors (Lipinski definition) is 5. The molecular weight excluding hydrogens is 371 g/mol. The standard InChI is InChI=1S/C20H27FN8/c1-14(2)10-15-11-17(21)19(20(22)26-27-23)18(12-15)29-8-6-28(7-9-29)13-16-4-3-5-24-25-16/h3-5,11-12,14H,6-10,13H2,1-2H3,(H3,22,23,26)/p+1. The summed E-state index contributed by atoms with van der Waals surface area (Å²) in [6, 6.07) is 7.39. The lowest BCUT2D eigenvalue weighted by atomic mass is 9.98. The molecule has 0 aliphatic carbocycles. The maximum atomic E-state index is 15.0. The molecule has 29 heavy (non-hydrogen) atoms. The number of amidine groups is 1. The van der Waals surface area contributed by atoms with E-state index in [0.717, 1.165) is 56.1 Å². The molecule has 0 radical (unpaired) electrons. The van der Waals surface area contributed by atoms with Gasteiger partial charge in [0.1, 0.15) is 11.4 Å². The van der Waals surface area contributed by atoms with Crippen LogP contribution < -0.4 is 16.2 Å². The van der Waals surface area contributed by atoms with E-state index < -0.39 is 5.82 Å². The molecule has 154 valence electrons. The summed E-state index contributed by atoms with van der Waals surface area (Å²) in [5.41, 5.74) is 2.88. The maximum Gasteiger partial charge on any atom is 0.356 e. The fraction of sp³-hybridized carbons (Fsp3) is 0.450. The lowest BCUT2D eigenvalue weighted by Gasteiger charge is -2.36. The Kier molecular flexibility index (Phi) is 6.82. The second-order valence-corrected chi connectivity index (χ2v) is 7.65. The summed E-state index contributed by atoms with van der Waals surface area (Å²) in [4.78, 5) is 4.45. The normalized spacial score (nSPS) is 15.4. The summed E-state index contributed by atoms with van der Waals surface area (Å²) in [5.74, 6) is 5.14. The van der Waals surface area contributed by atoms with Crippen molar-refractivity contribution in [2.24, 2.45) is 22.1 Å². The van der Waals surface area contributed by atoms with Crippen LogP contribution in [-0.2, 0) is 13.0 Å². The molecular formula is C20H28FN8+. The molecule has 1 saturated heterocycles. The molecule has 2 aromatic rings. The van der Waals surface area contributed by atoms with Crippen LogP contribution >= 0.6 is 0 Å². The number of anilines is 1. The highest BCUT2D eigenvalue weighted by atomic mass is 19.1. The number of halogens is 1. The van der Waals surface area contributed by atoms with Gasteiger partial charge in [-0.1, -0.05) is 13.8 Å². The highest BCUT2D eigenvalue weighted by Crippen LogP contribution is 2.28. The van der Waals surface area contributed by atoms with Crippen LogP contribution in [0.1, 0.15) is 30.7 Å². The van der Waals surface area contributed by atoms with Crippen molar-refractivity contribution in [1.82, 2.24) is 15.1 Å². The number of nitrogens with zero attached hydrogens (tertiary/aromatic N) is 6. The van der Waals surface area contributed by atoms with Crippen molar-refractivity contribution < 1.29 is 9.80 Å². The largest absolute Gasteiger partial charge is 0.368 e. The highest BCUT2D eigenvalue weighted by molar-refractivity contribution is 6.00. The average Bonchev–Trinajstić information content (AvgIpc) is 2.68. The third kappa shape index (κ3) is 5.32. The van der Waals surface area contributed by atoms with Crippen LogP contribution in [0.15, 0.2) is 40.8 Å². The minimum Gasteiger partial charge on any atom is -0.368 e. The lowest BCUT2D eigenvalue weighted by Crippen LogP contribution is -2.47. The van der Waals surface area contributed by atoms with Gasteiger partial charge in [-0.2, -0.15) is 10.2 Å². The number of aromatic nitrogens is 2. The Labute approximate surface area is 170 Å². The van der Waals surface area contributed by atoms with Crippen LogP contribution in [0.3, 0.4) is 0 Å². The predicted octanol–water partition coefficient (Wildman–Crippen LogP) is 0.968. The molecule has 0 unspecified atom stereocenters. The third-order valence-electron chi connectivity index (χ3n) is 4.92. The zero-order valence-electron chi connectivity index (χ0n) is 16.9. The first kappa shape index (κ1) is 20.8. The molecule has 3 rings (SSSR count). The molecule has 1 aromatic carbocycles. The first-order chi connectivity index (χ1) is 14.0. The van der Waals surface area contributed by atoms with Crippen molar-refractivity contribution in [3.05, 3.63) is 53.1 Å². The highest BCUT2D eigenvalue weighted by Gasteiger charge is 2.27. The van der Waals surface area contributed by atoms with Gasteiger partial charge >= 0.3 is 5.84 Å². The van der Waals surface area contributed by atoms with Gasteiger partial charge in [-0.15, -0.1) is 0 Å². The van der Waals surface area contributed by atoms with Gasteiger partial charge in [0, 0.05) is 44.1 Å². The van der Waals surface area contributed by atoms with E-state index >= 15 is 0 Å². The van der Waals surface area contributed by atoms with E-state index in [1.165, 1.54) is 6.07 Å². The summed E-state index contributed by atoms with van der Waals surface area (Å²) in [6.07, 6.45) is 2.45.